The molecule has 140 valence electrons. The summed E-state index contributed by atoms with van der Waals surface area (Å²) in [5.41, 5.74) is 1.41. The van der Waals surface area contributed by atoms with E-state index in [2.05, 4.69) is 15.9 Å². The minimum absolute atomic E-state index is 0.168. The predicted molar refractivity (Wildman–Crippen MR) is 107 cm³/mol. The van der Waals surface area contributed by atoms with Gasteiger partial charge in [-0.05, 0) is 66.2 Å². The van der Waals surface area contributed by atoms with Gasteiger partial charge in [0.15, 0.2) is 5.76 Å². The Labute approximate surface area is 169 Å². The molecule has 1 aromatic heterocycles. The van der Waals surface area contributed by atoms with Crippen LogP contribution in [0.4, 0.5) is 0 Å². The largest absolute Gasteiger partial charge is 0.462 e. The highest BCUT2D eigenvalue weighted by Crippen LogP contribution is 2.39. The van der Waals surface area contributed by atoms with E-state index in [4.69, 9.17) is 13.9 Å². The summed E-state index contributed by atoms with van der Waals surface area (Å²) in [5, 5.41) is 0. The third-order valence-electron chi connectivity index (χ3n) is 4.37. The maximum absolute atomic E-state index is 12.6. The van der Waals surface area contributed by atoms with E-state index in [9.17, 15) is 9.59 Å². The molecule has 1 aliphatic rings. The lowest BCUT2D eigenvalue weighted by molar-refractivity contribution is 0.0732. The normalized spacial score (nSPS) is 14.1. The highest BCUT2D eigenvalue weighted by molar-refractivity contribution is 9.10. The topological polar surface area (TPSA) is 65.7 Å². The maximum Gasteiger partial charge on any atom is 0.344 e. The fourth-order valence-electron chi connectivity index (χ4n) is 2.92. The minimum Gasteiger partial charge on any atom is -0.462 e. The van der Waals surface area contributed by atoms with E-state index in [1.807, 2.05) is 19.1 Å². The van der Waals surface area contributed by atoms with Crippen LogP contribution in [-0.2, 0) is 0 Å². The number of esters is 1. The van der Waals surface area contributed by atoms with Gasteiger partial charge in [-0.3, -0.25) is 4.79 Å². The first kappa shape index (κ1) is 18.3. The highest BCUT2D eigenvalue weighted by Gasteiger charge is 2.31. The quantitative estimate of drug-likeness (QED) is 0.307. The Morgan fingerprint density at radius 2 is 1.86 bits per heavy atom. The predicted octanol–water partition coefficient (Wildman–Crippen LogP) is 5.49. The van der Waals surface area contributed by atoms with Crippen LogP contribution >= 0.6 is 15.9 Å². The molecule has 4 rings (SSSR count). The summed E-state index contributed by atoms with van der Waals surface area (Å²) in [6, 6.07) is 13.8. The molecule has 0 spiro atoms. The molecule has 1 aliphatic heterocycles. The molecule has 2 heterocycles. The number of aryl methyl sites for hydroxylation is 1. The molecule has 2 aromatic carbocycles. The smallest absolute Gasteiger partial charge is 0.344 e. The van der Waals surface area contributed by atoms with Gasteiger partial charge >= 0.3 is 5.97 Å². The Balaban J connectivity index is 1.63. The van der Waals surface area contributed by atoms with Gasteiger partial charge in [0.05, 0.1) is 11.1 Å². The number of ketones is 1. The van der Waals surface area contributed by atoms with Gasteiger partial charge in [-0.15, -0.1) is 0 Å². The Morgan fingerprint density at radius 3 is 2.57 bits per heavy atom. The standard InChI is InChI=1S/C22H15BrO5/c1-12-7-8-14(26-12)11-19-20(24)16-9-10-18(13(2)21(16)27-19)28-22(25)15-5-3-4-6-17(15)23/h3-11H,1-2H3/b19-11-. The van der Waals surface area contributed by atoms with Crippen molar-refractivity contribution in [1.82, 2.24) is 0 Å². The van der Waals surface area contributed by atoms with E-state index in [-0.39, 0.29) is 11.5 Å². The lowest BCUT2D eigenvalue weighted by Crippen LogP contribution is -2.10. The molecule has 0 amide bonds. The molecular formula is C22H15BrO5. The molecule has 0 aliphatic carbocycles. The van der Waals surface area contributed by atoms with E-state index in [1.165, 1.54) is 0 Å². The Kier molecular flexibility index (Phi) is 4.65. The van der Waals surface area contributed by atoms with Crippen molar-refractivity contribution in [2.45, 2.75) is 13.8 Å². The van der Waals surface area contributed by atoms with Crippen molar-refractivity contribution in [2.24, 2.45) is 0 Å². The van der Waals surface area contributed by atoms with Crippen LogP contribution in [-0.4, -0.2) is 11.8 Å². The molecule has 0 N–H and O–H groups in total. The fraction of sp³-hybridized carbons (Fsp3) is 0.0909. The summed E-state index contributed by atoms with van der Waals surface area (Å²) in [5.74, 6) is 1.43. The van der Waals surface area contributed by atoms with Crippen LogP contribution in [0.1, 0.15) is 37.8 Å². The number of hydrogen-bond donors (Lipinski definition) is 0. The summed E-state index contributed by atoms with van der Waals surface area (Å²) in [4.78, 5) is 25.1. The zero-order valence-electron chi connectivity index (χ0n) is 15.1. The van der Waals surface area contributed by atoms with E-state index >= 15 is 0 Å². The van der Waals surface area contributed by atoms with Gasteiger partial charge in [-0.2, -0.15) is 0 Å². The van der Waals surface area contributed by atoms with Gasteiger partial charge in [0.2, 0.25) is 5.78 Å². The number of carbonyl (C=O) groups is 2. The van der Waals surface area contributed by atoms with E-state index in [0.717, 1.165) is 5.76 Å². The summed E-state index contributed by atoms with van der Waals surface area (Å²) in [6.07, 6.45) is 1.56. The monoisotopic (exact) mass is 438 g/mol. The number of ether oxygens (including phenoxy) is 2. The number of furan rings is 1. The van der Waals surface area contributed by atoms with Crippen molar-refractivity contribution in [3.8, 4) is 11.5 Å². The molecule has 0 atom stereocenters. The highest BCUT2D eigenvalue weighted by atomic mass is 79.9. The van der Waals surface area contributed by atoms with Crippen molar-refractivity contribution in [3.63, 3.8) is 0 Å². The van der Waals surface area contributed by atoms with Crippen LogP contribution in [0.15, 0.2) is 63.2 Å². The Bertz CT molecular complexity index is 1140. The van der Waals surface area contributed by atoms with Crippen LogP contribution in [0.2, 0.25) is 0 Å². The number of allylic oxidation sites excluding steroid dienone is 1. The minimum atomic E-state index is -0.498. The fourth-order valence-corrected chi connectivity index (χ4v) is 3.37. The number of fused-ring (bicyclic) bond motifs is 1. The van der Waals surface area contributed by atoms with Gasteiger partial charge in [0.1, 0.15) is 23.0 Å². The molecule has 0 fully saturated rings. The van der Waals surface area contributed by atoms with Crippen LogP contribution in [0, 0.1) is 13.8 Å². The third kappa shape index (κ3) is 3.27. The average molecular weight is 439 g/mol. The Hall–Kier alpha value is -3.12. The second kappa shape index (κ2) is 7.13. The number of halogens is 1. The molecule has 3 aromatic rings. The van der Waals surface area contributed by atoms with Crippen LogP contribution in [0.25, 0.3) is 6.08 Å². The second-order valence-corrected chi connectivity index (χ2v) is 7.18. The van der Waals surface area contributed by atoms with E-state index < -0.39 is 5.97 Å². The lowest BCUT2D eigenvalue weighted by Gasteiger charge is -2.10. The molecule has 0 saturated heterocycles. The molecule has 0 bridgehead atoms. The zero-order chi connectivity index (χ0) is 19.8. The Morgan fingerprint density at radius 1 is 1.07 bits per heavy atom. The van der Waals surface area contributed by atoms with E-state index in [1.54, 1.807) is 49.4 Å². The summed E-state index contributed by atoms with van der Waals surface area (Å²) in [7, 11) is 0. The number of carbonyl (C=O) groups excluding carboxylic acids is 2. The second-order valence-electron chi connectivity index (χ2n) is 6.32. The van der Waals surface area contributed by atoms with Crippen molar-refractivity contribution in [1.29, 1.82) is 0 Å². The summed E-state index contributed by atoms with van der Waals surface area (Å²) >= 11 is 3.34. The van der Waals surface area contributed by atoms with Crippen molar-refractivity contribution in [2.75, 3.05) is 0 Å². The number of Topliss-reactive ketones (excluding diaryl/α,β-unsaturated/α-hetero) is 1. The lowest BCUT2D eigenvalue weighted by atomic mass is 10.1. The zero-order valence-corrected chi connectivity index (χ0v) is 16.7. The molecule has 0 unspecified atom stereocenters. The van der Waals surface area contributed by atoms with Crippen molar-refractivity contribution in [3.05, 3.63) is 87.0 Å². The van der Waals surface area contributed by atoms with Crippen LogP contribution in [0.5, 0.6) is 11.5 Å². The maximum atomic E-state index is 12.6. The molecule has 0 saturated carbocycles. The summed E-state index contributed by atoms with van der Waals surface area (Å²) in [6.45, 7) is 3.57. The molecule has 6 heteroatoms. The van der Waals surface area contributed by atoms with Crippen molar-refractivity contribution >= 4 is 33.8 Å². The van der Waals surface area contributed by atoms with Gasteiger partial charge in [0, 0.05) is 16.1 Å². The van der Waals surface area contributed by atoms with Crippen LogP contribution in [0.3, 0.4) is 0 Å². The average Bonchev–Trinajstić information content (AvgIpc) is 3.22. The van der Waals surface area contributed by atoms with Gasteiger partial charge in [-0.25, -0.2) is 4.79 Å². The third-order valence-corrected chi connectivity index (χ3v) is 5.06. The number of rotatable bonds is 3. The van der Waals surface area contributed by atoms with E-state index in [0.29, 0.717) is 38.4 Å². The SMILES string of the molecule is Cc1ccc(/C=C2\Oc3c(ccc(OC(=O)c4ccccc4Br)c3C)C2=O)o1. The van der Waals surface area contributed by atoms with Gasteiger partial charge < -0.3 is 13.9 Å². The summed E-state index contributed by atoms with van der Waals surface area (Å²) < 4.78 is 17.4. The first-order chi connectivity index (χ1) is 13.4. The van der Waals surface area contributed by atoms with Gasteiger partial charge in [0.25, 0.3) is 0 Å². The number of benzene rings is 2. The molecule has 28 heavy (non-hydrogen) atoms. The van der Waals surface area contributed by atoms with Crippen LogP contribution < -0.4 is 9.47 Å². The first-order valence-corrected chi connectivity index (χ1v) is 9.34. The first-order valence-electron chi connectivity index (χ1n) is 8.55. The van der Waals surface area contributed by atoms with Crippen molar-refractivity contribution < 1.29 is 23.5 Å². The molecular weight excluding hydrogens is 424 g/mol. The molecule has 0 radical (unpaired) electrons. The molecule has 5 nitrogen and oxygen atoms in total. The van der Waals surface area contributed by atoms with Gasteiger partial charge in [-0.1, -0.05) is 12.1 Å². The number of hydrogen-bond acceptors (Lipinski definition) is 5.